The standard InChI is InChI=1S/C78H152O17P2/c1-8-10-11-12-13-14-23-31-38-45-52-59-75(80)88-65-74(95-78(83)62-55-48-41-34-27-29-36-43-50-57-70(5)6)68-93-97(86,87)91-64-72(79)63-90-96(84,85)92-67-73(66-89-76(81)60-53-46-39-33-26-28-35-42-49-56-69(3)4)94-77(82)61-54-47-40-32-25-22-20-18-16-15-17-19-21-24-30-37-44-51-58-71(7)9-2/h69-74,79H,8-68H2,1-7H3,(H,84,85)(H,86,87)/t71?,72-,73-,74-/m1/s1. The number of phosphoric ester groups is 2. The van der Waals surface area contributed by atoms with Crippen molar-refractivity contribution in [1.29, 1.82) is 0 Å². The number of phosphoric acid groups is 2. The molecular weight excluding hydrogens is 1270 g/mol. The summed E-state index contributed by atoms with van der Waals surface area (Å²) >= 11 is 0. The Bertz CT molecular complexity index is 1890. The fraction of sp³-hybridized carbons (Fsp3) is 0.949. The minimum absolute atomic E-state index is 0.105. The maximum Gasteiger partial charge on any atom is 0.472 e. The first kappa shape index (κ1) is 95.1. The third kappa shape index (κ3) is 70.9. The highest BCUT2D eigenvalue weighted by Crippen LogP contribution is 2.45. The molecule has 6 atom stereocenters. The zero-order chi connectivity index (χ0) is 71.6. The summed E-state index contributed by atoms with van der Waals surface area (Å²) in [5.41, 5.74) is 0. The monoisotopic (exact) mass is 1420 g/mol. The second-order valence-electron chi connectivity index (χ2n) is 29.3. The van der Waals surface area contributed by atoms with Crippen molar-refractivity contribution in [2.75, 3.05) is 39.6 Å². The molecule has 0 aromatic carbocycles. The fourth-order valence-corrected chi connectivity index (χ4v) is 13.5. The first-order chi connectivity index (χ1) is 46.8. The Morgan fingerprint density at radius 2 is 0.526 bits per heavy atom. The molecule has 576 valence electrons. The van der Waals surface area contributed by atoms with Crippen LogP contribution in [0.3, 0.4) is 0 Å². The van der Waals surface area contributed by atoms with E-state index in [0.29, 0.717) is 25.7 Å². The van der Waals surface area contributed by atoms with Gasteiger partial charge < -0.3 is 33.8 Å². The second kappa shape index (κ2) is 68.5. The molecule has 97 heavy (non-hydrogen) atoms. The van der Waals surface area contributed by atoms with E-state index in [1.165, 1.54) is 212 Å². The fourth-order valence-electron chi connectivity index (χ4n) is 11.9. The highest BCUT2D eigenvalue weighted by Gasteiger charge is 2.30. The number of hydrogen-bond donors (Lipinski definition) is 3. The lowest BCUT2D eigenvalue weighted by molar-refractivity contribution is -0.161. The third-order valence-electron chi connectivity index (χ3n) is 18.5. The normalized spacial score (nSPS) is 14.3. The Morgan fingerprint density at radius 3 is 0.784 bits per heavy atom. The van der Waals surface area contributed by atoms with Crippen molar-refractivity contribution in [3.8, 4) is 0 Å². The largest absolute Gasteiger partial charge is 0.472 e. The maximum absolute atomic E-state index is 13.1. The molecule has 0 fully saturated rings. The Hall–Kier alpha value is -1.94. The molecule has 0 aliphatic rings. The number of unbranched alkanes of at least 4 members (excludes halogenated alkanes) is 43. The van der Waals surface area contributed by atoms with Gasteiger partial charge in [-0.1, -0.05) is 350 Å². The van der Waals surface area contributed by atoms with Crippen molar-refractivity contribution in [2.24, 2.45) is 17.8 Å². The lowest BCUT2D eigenvalue weighted by Crippen LogP contribution is -2.30. The molecular formula is C78H152O17P2. The number of hydrogen-bond acceptors (Lipinski definition) is 15. The first-order valence-corrected chi connectivity index (χ1v) is 43.4. The number of ether oxygens (including phenoxy) is 4. The molecule has 0 rings (SSSR count). The van der Waals surface area contributed by atoms with E-state index in [1.54, 1.807) is 0 Å². The summed E-state index contributed by atoms with van der Waals surface area (Å²) in [6, 6.07) is 0. The van der Waals surface area contributed by atoms with Gasteiger partial charge in [0.15, 0.2) is 12.2 Å². The zero-order valence-electron chi connectivity index (χ0n) is 63.5. The summed E-state index contributed by atoms with van der Waals surface area (Å²) in [4.78, 5) is 72.8. The molecule has 0 saturated heterocycles. The molecule has 0 amide bonds. The zero-order valence-corrected chi connectivity index (χ0v) is 65.3. The van der Waals surface area contributed by atoms with E-state index in [4.69, 9.17) is 37.0 Å². The van der Waals surface area contributed by atoms with Gasteiger partial charge in [-0.15, -0.1) is 0 Å². The van der Waals surface area contributed by atoms with Crippen LogP contribution in [0.25, 0.3) is 0 Å². The SMILES string of the molecule is CCCCCCCCCCCCCC(=O)OC[C@H](COP(=O)(O)OC[C@H](O)COP(=O)(O)OC[C@@H](COC(=O)CCCCCCCCCCCC(C)C)OC(=O)CCCCCCCCCCCCCCCCCCCCC(C)CC)OC(=O)CCCCCCCCCCCC(C)C. The first-order valence-electron chi connectivity index (χ1n) is 40.4. The molecule has 0 radical (unpaired) electrons. The summed E-state index contributed by atoms with van der Waals surface area (Å²) in [6.07, 6.45) is 55.5. The number of esters is 4. The Kier molecular flexibility index (Phi) is 67.1. The van der Waals surface area contributed by atoms with Gasteiger partial charge in [0, 0.05) is 25.7 Å². The second-order valence-corrected chi connectivity index (χ2v) is 32.2. The highest BCUT2D eigenvalue weighted by atomic mass is 31.2. The molecule has 0 saturated carbocycles. The van der Waals surface area contributed by atoms with Crippen LogP contribution in [0.1, 0.15) is 402 Å². The number of carbonyl (C=O) groups excluding carboxylic acids is 4. The number of rotatable bonds is 76. The average molecular weight is 1420 g/mol. The minimum atomic E-state index is -4.96. The van der Waals surface area contributed by atoms with Crippen LogP contribution in [0, 0.1) is 17.8 Å². The topological polar surface area (TPSA) is 237 Å². The van der Waals surface area contributed by atoms with Crippen molar-refractivity contribution >= 4 is 39.5 Å². The van der Waals surface area contributed by atoms with Crippen LogP contribution in [0.4, 0.5) is 0 Å². The maximum atomic E-state index is 13.1. The van der Waals surface area contributed by atoms with E-state index in [0.717, 1.165) is 108 Å². The van der Waals surface area contributed by atoms with Crippen LogP contribution in [-0.4, -0.2) is 96.7 Å². The van der Waals surface area contributed by atoms with Crippen LogP contribution in [0.2, 0.25) is 0 Å². The number of aliphatic hydroxyl groups excluding tert-OH is 1. The molecule has 0 bridgehead atoms. The van der Waals surface area contributed by atoms with Crippen molar-refractivity contribution in [3.05, 3.63) is 0 Å². The van der Waals surface area contributed by atoms with Gasteiger partial charge in [0.05, 0.1) is 26.4 Å². The van der Waals surface area contributed by atoms with Gasteiger partial charge in [-0.05, 0) is 43.4 Å². The summed E-state index contributed by atoms with van der Waals surface area (Å²) in [5.74, 6) is 0.235. The third-order valence-corrected chi connectivity index (χ3v) is 20.4. The van der Waals surface area contributed by atoms with Gasteiger partial charge in [-0.3, -0.25) is 37.3 Å². The molecule has 17 nitrogen and oxygen atoms in total. The molecule has 0 aliphatic heterocycles. The molecule has 0 aliphatic carbocycles. The van der Waals surface area contributed by atoms with Gasteiger partial charge in [-0.25, -0.2) is 9.13 Å². The molecule has 3 N–H and O–H groups in total. The molecule has 3 unspecified atom stereocenters. The van der Waals surface area contributed by atoms with Crippen LogP contribution >= 0.6 is 15.6 Å². The average Bonchev–Trinajstić information content (AvgIpc) is 1.66. The van der Waals surface area contributed by atoms with E-state index in [2.05, 4.69) is 48.5 Å². The van der Waals surface area contributed by atoms with E-state index in [-0.39, 0.29) is 25.7 Å². The number of aliphatic hydroxyl groups is 1. The van der Waals surface area contributed by atoms with Gasteiger partial charge in [0.2, 0.25) is 0 Å². The molecule has 19 heteroatoms. The summed E-state index contributed by atoms with van der Waals surface area (Å²) in [7, 11) is -9.91. The van der Waals surface area contributed by atoms with Crippen LogP contribution in [0.5, 0.6) is 0 Å². The van der Waals surface area contributed by atoms with E-state index < -0.39 is 97.5 Å². The van der Waals surface area contributed by atoms with Crippen molar-refractivity contribution in [2.45, 2.75) is 420 Å². The van der Waals surface area contributed by atoms with E-state index in [9.17, 15) is 43.2 Å². The van der Waals surface area contributed by atoms with Crippen LogP contribution < -0.4 is 0 Å². The minimum Gasteiger partial charge on any atom is -0.462 e. The predicted molar refractivity (Wildman–Crippen MR) is 395 cm³/mol. The summed E-state index contributed by atoms with van der Waals surface area (Å²) in [6.45, 7) is 11.9. The van der Waals surface area contributed by atoms with Gasteiger partial charge in [-0.2, -0.15) is 0 Å². The van der Waals surface area contributed by atoms with Gasteiger partial charge in [0.25, 0.3) is 0 Å². The Balaban J connectivity index is 5.19. The quantitative estimate of drug-likeness (QED) is 0.0222. The van der Waals surface area contributed by atoms with Crippen LogP contribution in [0.15, 0.2) is 0 Å². The smallest absolute Gasteiger partial charge is 0.462 e. The van der Waals surface area contributed by atoms with E-state index in [1.807, 2.05) is 0 Å². The summed E-state index contributed by atoms with van der Waals surface area (Å²) < 4.78 is 68.6. The molecule has 0 aromatic rings. The molecule has 0 heterocycles. The lowest BCUT2D eigenvalue weighted by Gasteiger charge is -2.21. The molecule has 0 aromatic heterocycles. The van der Waals surface area contributed by atoms with Crippen molar-refractivity contribution in [3.63, 3.8) is 0 Å². The Morgan fingerprint density at radius 1 is 0.299 bits per heavy atom. The van der Waals surface area contributed by atoms with Crippen molar-refractivity contribution in [1.82, 2.24) is 0 Å². The predicted octanol–water partition coefficient (Wildman–Crippen LogP) is 23.0. The van der Waals surface area contributed by atoms with Crippen LogP contribution in [-0.2, 0) is 65.4 Å². The van der Waals surface area contributed by atoms with E-state index >= 15 is 0 Å². The lowest BCUT2D eigenvalue weighted by atomic mass is 9.99. The number of carbonyl (C=O) groups is 4. The van der Waals surface area contributed by atoms with Gasteiger partial charge in [0.1, 0.15) is 19.3 Å². The molecule has 0 spiro atoms. The Labute approximate surface area is 594 Å². The van der Waals surface area contributed by atoms with Crippen molar-refractivity contribution < 1.29 is 80.2 Å². The highest BCUT2D eigenvalue weighted by molar-refractivity contribution is 7.47. The summed E-state index contributed by atoms with van der Waals surface area (Å²) in [5, 5.41) is 10.6. The van der Waals surface area contributed by atoms with Gasteiger partial charge >= 0.3 is 39.5 Å².